The highest BCUT2D eigenvalue weighted by atomic mass is 35.5. The number of amidine groups is 1. The Hall–Kier alpha value is -2.71. The van der Waals surface area contributed by atoms with Crippen LogP contribution in [0.25, 0.3) is 6.08 Å². The van der Waals surface area contributed by atoms with Gasteiger partial charge in [0.15, 0.2) is 5.17 Å². The Kier molecular flexibility index (Phi) is 7.23. The van der Waals surface area contributed by atoms with Crippen LogP contribution < -0.4 is 15.0 Å². The number of anilines is 1. The van der Waals surface area contributed by atoms with Crippen molar-refractivity contribution in [1.29, 1.82) is 0 Å². The highest BCUT2D eigenvalue weighted by Crippen LogP contribution is 2.35. The zero-order valence-corrected chi connectivity index (χ0v) is 18.4. The van der Waals surface area contributed by atoms with Crippen LogP contribution in [0.4, 0.5) is 5.69 Å². The quantitative estimate of drug-likeness (QED) is 0.638. The highest BCUT2D eigenvalue weighted by molar-refractivity contribution is 8.15. The summed E-state index contributed by atoms with van der Waals surface area (Å²) >= 11 is 7.47. The van der Waals surface area contributed by atoms with Crippen LogP contribution in [0.2, 0.25) is 5.02 Å². The number of methoxy groups -OCH3 is 1. The molecule has 7 nitrogen and oxygen atoms in total. The van der Waals surface area contributed by atoms with Crippen LogP contribution in [-0.4, -0.2) is 35.9 Å². The molecular formula is C21H22ClN3O4S. The first-order valence-corrected chi connectivity index (χ1v) is 10.7. The molecule has 0 saturated heterocycles. The molecule has 0 spiro atoms. The van der Waals surface area contributed by atoms with Crippen molar-refractivity contribution in [3.63, 3.8) is 0 Å². The molecule has 1 aromatic carbocycles. The van der Waals surface area contributed by atoms with E-state index < -0.39 is 5.25 Å². The van der Waals surface area contributed by atoms with Gasteiger partial charge in [0.25, 0.3) is 5.91 Å². The molecule has 30 heavy (non-hydrogen) atoms. The van der Waals surface area contributed by atoms with Crippen molar-refractivity contribution < 1.29 is 18.7 Å². The molecule has 0 radical (unpaired) electrons. The fraction of sp³-hybridized carbons (Fsp3) is 0.286. The minimum atomic E-state index is -0.442. The number of halogens is 1. The van der Waals surface area contributed by atoms with Crippen molar-refractivity contribution in [3.8, 4) is 5.75 Å². The average molecular weight is 448 g/mol. The molecular weight excluding hydrogens is 426 g/mol. The summed E-state index contributed by atoms with van der Waals surface area (Å²) < 4.78 is 10.5. The van der Waals surface area contributed by atoms with E-state index in [9.17, 15) is 9.59 Å². The predicted octanol–water partition coefficient (Wildman–Crippen LogP) is 4.33. The van der Waals surface area contributed by atoms with E-state index in [1.54, 1.807) is 43.3 Å². The summed E-state index contributed by atoms with van der Waals surface area (Å²) in [4.78, 5) is 31.4. The van der Waals surface area contributed by atoms with Gasteiger partial charge in [0, 0.05) is 12.6 Å². The Morgan fingerprint density at radius 3 is 2.87 bits per heavy atom. The number of nitrogens with zero attached hydrogens (tertiary/aromatic N) is 2. The molecule has 2 heterocycles. The molecule has 0 aliphatic carbocycles. The minimum Gasteiger partial charge on any atom is -0.495 e. The van der Waals surface area contributed by atoms with Gasteiger partial charge in [0.1, 0.15) is 17.2 Å². The van der Waals surface area contributed by atoms with E-state index >= 15 is 0 Å². The summed E-state index contributed by atoms with van der Waals surface area (Å²) in [5.74, 6) is 0.552. The lowest BCUT2D eigenvalue weighted by Crippen LogP contribution is -2.36. The summed E-state index contributed by atoms with van der Waals surface area (Å²) in [5.41, 5.74) is 0.738. The summed E-state index contributed by atoms with van der Waals surface area (Å²) in [7, 11) is 1.52. The van der Waals surface area contributed by atoms with Gasteiger partial charge in [-0.1, -0.05) is 30.3 Å². The second-order valence-electron chi connectivity index (χ2n) is 6.45. The predicted molar refractivity (Wildman–Crippen MR) is 120 cm³/mol. The SMILES string of the molecule is CCCNC(=O)[C@H](C)SC1=N/C(=C/c2ccco2)C(=O)N1c1ccc(OC)c(Cl)c1. The average Bonchev–Trinajstić information content (AvgIpc) is 3.34. The van der Waals surface area contributed by atoms with Crippen molar-refractivity contribution in [3.05, 3.63) is 53.1 Å². The number of thioether (sulfide) groups is 1. The van der Waals surface area contributed by atoms with E-state index in [1.165, 1.54) is 30.0 Å². The highest BCUT2D eigenvalue weighted by Gasteiger charge is 2.34. The molecule has 2 aromatic rings. The first kappa shape index (κ1) is 22.0. The van der Waals surface area contributed by atoms with Crippen LogP contribution in [-0.2, 0) is 9.59 Å². The van der Waals surface area contributed by atoms with E-state index in [4.69, 9.17) is 20.8 Å². The largest absolute Gasteiger partial charge is 0.495 e. The van der Waals surface area contributed by atoms with Crippen molar-refractivity contribution >= 4 is 52.1 Å². The van der Waals surface area contributed by atoms with Crippen LogP contribution in [0.1, 0.15) is 26.0 Å². The first-order valence-electron chi connectivity index (χ1n) is 9.40. The molecule has 1 aliphatic rings. The topological polar surface area (TPSA) is 84.1 Å². The maximum atomic E-state index is 13.1. The molecule has 0 fully saturated rings. The molecule has 0 unspecified atom stereocenters. The molecule has 9 heteroatoms. The number of carbonyl (C=O) groups excluding carboxylic acids is 2. The van der Waals surface area contributed by atoms with Crippen LogP contribution >= 0.6 is 23.4 Å². The number of hydrogen-bond acceptors (Lipinski definition) is 6. The van der Waals surface area contributed by atoms with Gasteiger partial charge in [-0.2, -0.15) is 0 Å². The van der Waals surface area contributed by atoms with Gasteiger partial charge in [0.05, 0.1) is 29.3 Å². The Morgan fingerprint density at radius 1 is 1.43 bits per heavy atom. The molecule has 1 aliphatic heterocycles. The van der Waals surface area contributed by atoms with Crippen molar-refractivity contribution in [2.75, 3.05) is 18.6 Å². The number of carbonyl (C=O) groups is 2. The molecule has 158 valence electrons. The van der Waals surface area contributed by atoms with Crippen LogP contribution in [0.3, 0.4) is 0 Å². The Balaban J connectivity index is 1.94. The summed E-state index contributed by atoms with van der Waals surface area (Å²) in [6.07, 6.45) is 3.93. The van der Waals surface area contributed by atoms with Crippen molar-refractivity contribution in [2.45, 2.75) is 25.5 Å². The third kappa shape index (κ3) is 4.88. The summed E-state index contributed by atoms with van der Waals surface area (Å²) in [5, 5.41) is 3.17. The van der Waals surface area contributed by atoms with Crippen LogP contribution in [0, 0.1) is 0 Å². The third-order valence-corrected chi connectivity index (χ3v) is 5.59. The van der Waals surface area contributed by atoms with Crippen LogP contribution in [0.5, 0.6) is 5.75 Å². The van der Waals surface area contributed by atoms with E-state index in [-0.39, 0.29) is 17.5 Å². The summed E-state index contributed by atoms with van der Waals surface area (Å²) in [6, 6.07) is 8.49. The number of nitrogens with one attached hydrogen (secondary N) is 1. The number of benzene rings is 1. The van der Waals surface area contributed by atoms with E-state index in [2.05, 4.69) is 10.3 Å². The van der Waals surface area contributed by atoms with Crippen LogP contribution in [0.15, 0.2) is 51.7 Å². The van der Waals surface area contributed by atoms with Gasteiger partial charge in [-0.3, -0.25) is 14.5 Å². The zero-order chi connectivity index (χ0) is 21.7. The second kappa shape index (κ2) is 9.86. The fourth-order valence-corrected chi connectivity index (χ4v) is 3.91. The molecule has 1 atom stereocenters. The maximum absolute atomic E-state index is 13.1. The lowest BCUT2D eigenvalue weighted by Gasteiger charge is -2.20. The van der Waals surface area contributed by atoms with Gasteiger partial charge in [-0.15, -0.1) is 0 Å². The molecule has 1 aromatic heterocycles. The van der Waals surface area contributed by atoms with Crippen molar-refractivity contribution in [2.24, 2.45) is 4.99 Å². The van der Waals surface area contributed by atoms with E-state index in [1.807, 2.05) is 6.92 Å². The molecule has 0 saturated carbocycles. The number of rotatable bonds is 7. The second-order valence-corrected chi connectivity index (χ2v) is 8.17. The molecule has 2 amide bonds. The molecule has 1 N–H and O–H groups in total. The zero-order valence-electron chi connectivity index (χ0n) is 16.8. The normalized spacial score (nSPS) is 16.0. The number of furan rings is 1. The van der Waals surface area contributed by atoms with Gasteiger partial charge in [-0.25, -0.2) is 4.99 Å². The minimum absolute atomic E-state index is 0.117. The Labute approximate surface area is 184 Å². The number of aliphatic imine (C=N–C) groups is 1. The smallest absolute Gasteiger partial charge is 0.283 e. The number of hydrogen-bond donors (Lipinski definition) is 1. The fourth-order valence-electron chi connectivity index (χ4n) is 2.71. The van der Waals surface area contributed by atoms with E-state index in [0.717, 1.165) is 6.42 Å². The molecule has 0 bridgehead atoms. The lowest BCUT2D eigenvalue weighted by molar-refractivity contribution is -0.120. The lowest BCUT2D eigenvalue weighted by atomic mass is 10.2. The van der Waals surface area contributed by atoms with E-state index in [0.29, 0.717) is 33.9 Å². The van der Waals surface area contributed by atoms with Gasteiger partial charge >= 0.3 is 0 Å². The number of ether oxygens (including phenoxy) is 1. The number of amides is 2. The van der Waals surface area contributed by atoms with Gasteiger partial charge in [0.2, 0.25) is 5.91 Å². The first-order chi connectivity index (χ1) is 14.4. The van der Waals surface area contributed by atoms with Crippen molar-refractivity contribution in [1.82, 2.24) is 5.32 Å². The van der Waals surface area contributed by atoms with Gasteiger partial charge < -0.3 is 14.5 Å². The third-order valence-electron chi connectivity index (χ3n) is 4.25. The van der Waals surface area contributed by atoms with Gasteiger partial charge in [-0.05, 0) is 43.7 Å². The summed E-state index contributed by atoms with van der Waals surface area (Å²) in [6.45, 7) is 4.35. The Morgan fingerprint density at radius 2 is 2.23 bits per heavy atom. The molecule has 3 rings (SSSR count). The maximum Gasteiger partial charge on any atom is 0.283 e. The standard InChI is InChI=1S/C21H22ClN3O4S/c1-4-9-23-19(26)13(2)30-21-24-17(12-15-6-5-10-29-15)20(27)25(21)14-7-8-18(28-3)16(22)11-14/h5-8,10-13H,4,9H2,1-3H3,(H,23,26)/b17-12+/t13-/m0/s1. The Bertz CT molecular complexity index is 988. The monoisotopic (exact) mass is 447 g/mol.